The molecular formula is C14H18N2OS. The summed E-state index contributed by atoms with van der Waals surface area (Å²) in [6.45, 7) is 2.74. The van der Waals surface area contributed by atoms with Gasteiger partial charge in [-0.3, -0.25) is 4.79 Å². The quantitative estimate of drug-likeness (QED) is 0.870. The van der Waals surface area contributed by atoms with Gasteiger partial charge < -0.3 is 10.6 Å². The zero-order valence-electron chi connectivity index (χ0n) is 10.7. The van der Waals surface area contributed by atoms with Gasteiger partial charge in [-0.2, -0.15) is 0 Å². The van der Waals surface area contributed by atoms with E-state index in [1.165, 1.54) is 15.0 Å². The van der Waals surface area contributed by atoms with Crippen LogP contribution in [0, 0.1) is 0 Å². The molecule has 18 heavy (non-hydrogen) atoms. The molecule has 2 rings (SSSR count). The van der Waals surface area contributed by atoms with Gasteiger partial charge in [-0.15, -0.1) is 11.3 Å². The van der Waals surface area contributed by atoms with E-state index in [0.717, 1.165) is 0 Å². The second kappa shape index (κ2) is 5.98. The molecule has 4 heteroatoms. The smallest absolute Gasteiger partial charge is 0.221 e. The molecule has 0 radical (unpaired) electrons. The van der Waals surface area contributed by atoms with E-state index in [2.05, 4.69) is 28.8 Å². The van der Waals surface area contributed by atoms with Gasteiger partial charge in [-0.1, -0.05) is 18.2 Å². The highest BCUT2D eigenvalue weighted by Crippen LogP contribution is 2.29. The lowest BCUT2D eigenvalue weighted by atomic mass is 10.2. The summed E-state index contributed by atoms with van der Waals surface area (Å²) in [5, 5.41) is 7.24. The maximum atomic E-state index is 11.7. The minimum absolute atomic E-state index is 0.0757. The zero-order valence-corrected chi connectivity index (χ0v) is 11.5. The summed E-state index contributed by atoms with van der Waals surface area (Å²) < 4.78 is 1.27. The number of rotatable bonds is 5. The fraction of sp³-hybridized carbons (Fsp3) is 0.357. The van der Waals surface area contributed by atoms with Crippen molar-refractivity contribution in [1.82, 2.24) is 10.6 Å². The van der Waals surface area contributed by atoms with Crippen molar-refractivity contribution in [3.8, 4) is 0 Å². The van der Waals surface area contributed by atoms with Crippen LogP contribution in [0.25, 0.3) is 10.1 Å². The first-order chi connectivity index (χ1) is 8.70. The Balaban J connectivity index is 2.04. The maximum Gasteiger partial charge on any atom is 0.221 e. The SMILES string of the molecule is CNCCC(=O)NC(C)c1cc2ccccc2s1. The van der Waals surface area contributed by atoms with Crippen LogP contribution >= 0.6 is 11.3 Å². The Morgan fingerprint density at radius 1 is 1.39 bits per heavy atom. The normalized spacial score (nSPS) is 12.6. The third-order valence-electron chi connectivity index (χ3n) is 2.85. The van der Waals surface area contributed by atoms with Crippen molar-refractivity contribution < 1.29 is 4.79 Å². The fourth-order valence-electron chi connectivity index (χ4n) is 1.84. The molecule has 3 nitrogen and oxygen atoms in total. The van der Waals surface area contributed by atoms with Crippen LogP contribution in [0.4, 0.5) is 0 Å². The summed E-state index contributed by atoms with van der Waals surface area (Å²) in [5.41, 5.74) is 0. The summed E-state index contributed by atoms with van der Waals surface area (Å²) in [6, 6.07) is 10.5. The van der Waals surface area contributed by atoms with Crippen molar-refractivity contribution in [2.24, 2.45) is 0 Å². The van der Waals surface area contributed by atoms with E-state index < -0.39 is 0 Å². The summed E-state index contributed by atoms with van der Waals surface area (Å²) in [4.78, 5) is 12.9. The maximum absolute atomic E-state index is 11.7. The summed E-state index contributed by atoms with van der Waals surface area (Å²) in [5.74, 6) is 0.0920. The van der Waals surface area contributed by atoms with Gasteiger partial charge in [0.25, 0.3) is 0 Å². The Morgan fingerprint density at radius 3 is 2.89 bits per heavy atom. The number of carbonyl (C=O) groups excluding carboxylic acids is 1. The standard InChI is InChI=1S/C14H18N2OS/c1-10(16-14(17)7-8-15-2)13-9-11-5-3-4-6-12(11)18-13/h3-6,9-10,15H,7-8H2,1-2H3,(H,16,17). The number of hydrogen-bond donors (Lipinski definition) is 2. The van der Waals surface area contributed by atoms with Crippen LogP contribution in [0.5, 0.6) is 0 Å². The molecule has 1 atom stereocenters. The zero-order chi connectivity index (χ0) is 13.0. The minimum atomic E-state index is 0.0757. The number of thiophene rings is 1. The Hall–Kier alpha value is -1.39. The van der Waals surface area contributed by atoms with Crippen molar-refractivity contribution in [2.75, 3.05) is 13.6 Å². The first-order valence-electron chi connectivity index (χ1n) is 6.13. The summed E-state index contributed by atoms with van der Waals surface area (Å²) >= 11 is 1.74. The lowest BCUT2D eigenvalue weighted by Gasteiger charge is -2.11. The Bertz CT molecular complexity index is 502. The molecule has 1 heterocycles. The lowest BCUT2D eigenvalue weighted by Crippen LogP contribution is -2.28. The summed E-state index contributed by atoms with van der Waals surface area (Å²) in [7, 11) is 1.85. The monoisotopic (exact) mass is 262 g/mol. The molecule has 0 bridgehead atoms. The second-order valence-electron chi connectivity index (χ2n) is 4.33. The van der Waals surface area contributed by atoms with Crippen LogP contribution in [0.1, 0.15) is 24.3 Å². The van der Waals surface area contributed by atoms with Gasteiger partial charge in [-0.25, -0.2) is 0 Å². The second-order valence-corrected chi connectivity index (χ2v) is 5.44. The molecule has 1 unspecified atom stereocenters. The molecule has 0 saturated heterocycles. The van der Waals surface area contributed by atoms with Crippen molar-refractivity contribution in [2.45, 2.75) is 19.4 Å². The van der Waals surface area contributed by atoms with Gasteiger partial charge >= 0.3 is 0 Å². The molecule has 0 saturated carbocycles. The number of fused-ring (bicyclic) bond motifs is 1. The Labute approximate surface area is 111 Å². The van der Waals surface area contributed by atoms with Crippen LogP contribution in [0.2, 0.25) is 0 Å². The highest BCUT2D eigenvalue weighted by molar-refractivity contribution is 7.19. The third-order valence-corrected chi connectivity index (χ3v) is 4.15. The molecule has 0 aliphatic carbocycles. The number of carbonyl (C=O) groups is 1. The molecular weight excluding hydrogens is 244 g/mol. The molecule has 0 fully saturated rings. The number of nitrogens with one attached hydrogen (secondary N) is 2. The van der Waals surface area contributed by atoms with Crippen LogP contribution in [0.3, 0.4) is 0 Å². The molecule has 1 aromatic carbocycles. The van der Waals surface area contributed by atoms with Gasteiger partial charge in [0, 0.05) is 22.5 Å². The predicted molar refractivity (Wildman–Crippen MR) is 76.9 cm³/mol. The molecule has 1 aromatic heterocycles. The van der Waals surface area contributed by atoms with E-state index in [1.54, 1.807) is 11.3 Å². The van der Waals surface area contributed by atoms with Crippen LogP contribution in [0.15, 0.2) is 30.3 Å². The Kier molecular flexibility index (Phi) is 4.33. The largest absolute Gasteiger partial charge is 0.349 e. The molecule has 96 valence electrons. The van der Waals surface area contributed by atoms with Gasteiger partial charge in [0.05, 0.1) is 6.04 Å². The first-order valence-corrected chi connectivity index (χ1v) is 6.95. The van der Waals surface area contributed by atoms with Crippen molar-refractivity contribution in [1.29, 1.82) is 0 Å². The number of amides is 1. The van der Waals surface area contributed by atoms with E-state index in [9.17, 15) is 4.79 Å². The third kappa shape index (κ3) is 3.09. The van der Waals surface area contributed by atoms with Crippen LogP contribution in [-0.2, 0) is 4.79 Å². The molecule has 2 N–H and O–H groups in total. The van der Waals surface area contributed by atoms with Crippen molar-refractivity contribution in [3.63, 3.8) is 0 Å². The predicted octanol–water partition coefficient (Wildman–Crippen LogP) is 2.69. The minimum Gasteiger partial charge on any atom is -0.349 e. The van der Waals surface area contributed by atoms with E-state index in [-0.39, 0.29) is 11.9 Å². The van der Waals surface area contributed by atoms with E-state index >= 15 is 0 Å². The van der Waals surface area contributed by atoms with Crippen molar-refractivity contribution in [3.05, 3.63) is 35.2 Å². The van der Waals surface area contributed by atoms with Crippen LogP contribution in [-0.4, -0.2) is 19.5 Å². The average Bonchev–Trinajstić information content (AvgIpc) is 2.80. The first kappa shape index (κ1) is 13.1. The lowest BCUT2D eigenvalue weighted by molar-refractivity contribution is -0.121. The topological polar surface area (TPSA) is 41.1 Å². The fourth-order valence-corrected chi connectivity index (χ4v) is 2.91. The molecule has 0 spiro atoms. The Morgan fingerprint density at radius 2 is 2.17 bits per heavy atom. The highest BCUT2D eigenvalue weighted by atomic mass is 32.1. The molecule has 0 aliphatic heterocycles. The summed E-state index contributed by atoms with van der Waals surface area (Å²) in [6.07, 6.45) is 0.520. The van der Waals surface area contributed by atoms with Gasteiger partial charge in [0.1, 0.15) is 0 Å². The average molecular weight is 262 g/mol. The van der Waals surface area contributed by atoms with Crippen LogP contribution < -0.4 is 10.6 Å². The highest BCUT2D eigenvalue weighted by Gasteiger charge is 2.11. The molecule has 0 aliphatic rings. The van der Waals surface area contributed by atoms with Gasteiger partial charge in [-0.05, 0) is 31.5 Å². The van der Waals surface area contributed by atoms with Gasteiger partial charge in [0.2, 0.25) is 5.91 Å². The molecule has 1 amide bonds. The van der Waals surface area contributed by atoms with E-state index in [1.807, 2.05) is 26.1 Å². The molecule has 2 aromatic rings. The van der Waals surface area contributed by atoms with E-state index in [4.69, 9.17) is 0 Å². The van der Waals surface area contributed by atoms with Crippen molar-refractivity contribution >= 4 is 27.3 Å². The van der Waals surface area contributed by atoms with E-state index in [0.29, 0.717) is 13.0 Å². The van der Waals surface area contributed by atoms with Gasteiger partial charge in [0.15, 0.2) is 0 Å². The number of benzene rings is 1. The number of hydrogen-bond acceptors (Lipinski definition) is 3.